The van der Waals surface area contributed by atoms with Gasteiger partial charge in [-0.15, -0.1) is 0 Å². The van der Waals surface area contributed by atoms with Gasteiger partial charge in [0.25, 0.3) is 0 Å². The van der Waals surface area contributed by atoms with Crippen LogP contribution in [0.3, 0.4) is 0 Å². The molecule has 0 fully saturated rings. The van der Waals surface area contributed by atoms with Crippen molar-refractivity contribution < 1.29 is 45.1 Å². The molecule has 1 unspecified atom stereocenters. The summed E-state index contributed by atoms with van der Waals surface area (Å²) in [5, 5.41) is 0. The van der Waals surface area contributed by atoms with E-state index in [1.807, 2.05) is 19.9 Å². The van der Waals surface area contributed by atoms with E-state index in [1.165, 1.54) is 45.3 Å². The van der Waals surface area contributed by atoms with Crippen LogP contribution in [-0.4, -0.2) is 30.5 Å². The van der Waals surface area contributed by atoms with Crippen molar-refractivity contribution in [1.29, 1.82) is 0 Å². The van der Waals surface area contributed by atoms with E-state index in [0.717, 1.165) is 10.5 Å². The number of aryl methyl sites for hydroxylation is 1. The SMILES string of the molecule is CCOC(=O)C(C)(C)C1CC=C(c2cc(-c3ccc(F)cc3C)c(N(C)C(=O)C(C)(C)c3cc(C(F)(F)F)cc(C(F)(F)F)c3)cn2)CC1. The maximum absolute atomic E-state index is 14.2. The number of alkyl halides is 6. The highest BCUT2D eigenvalue weighted by molar-refractivity contribution is 6.03. The molecule has 0 bridgehead atoms. The van der Waals surface area contributed by atoms with E-state index in [2.05, 4.69) is 4.98 Å². The highest BCUT2D eigenvalue weighted by Gasteiger charge is 2.42. The van der Waals surface area contributed by atoms with Gasteiger partial charge < -0.3 is 9.64 Å². The molecule has 0 saturated heterocycles. The molecule has 1 aromatic heterocycles. The van der Waals surface area contributed by atoms with Gasteiger partial charge in [0.2, 0.25) is 5.91 Å². The number of anilines is 1. The summed E-state index contributed by atoms with van der Waals surface area (Å²) >= 11 is 0. The predicted molar refractivity (Wildman–Crippen MR) is 173 cm³/mol. The molecular weight excluding hydrogens is 653 g/mol. The Kier molecular flexibility index (Phi) is 10.4. The zero-order chi connectivity index (χ0) is 36.7. The molecule has 0 saturated carbocycles. The smallest absolute Gasteiger partial charge is 0.416 e. The van der Waals surface area contributed by atoms with Gasteiger partial charge in [-0.3, -0.25) is 14.6 Å². The number of carbonyl (C=O) groups is 2. The molecular formula is C37H39F7N2O3. The van der Waals surface area contributed by atoms with Gasteiger partial charge in [0.1, 0.15) is 5.82 Å². The molecule has 49 heavy (non-hydrogen) atoms. The number of ether oxygens (including phenoxy) is 1. The molecule has 2 aromatic carbocycles. The molecule has 5 nitrogen and oxygen atoms in total. The highest BCUT2D eigenvalue weighted by Crippen LogP contribution is 2.44. The van der Waals surface area contributed by atoms with Crippen LogP contribution in [0.2, 0.25) is 0 Å². The normalized spacial score (nSPS) is 15.9. The summed E-state index contributed by atoms with van der Waals surface area (Å²) in [6.45, 7) is 9.94. The number of nitrogens with zero attached hydrogens (tertiary/aromatic N) is 2. The maximum atomic E-state index is 14.2. The lowest BCUT2D eigenvalue weighted by Crippen LogP contribution is -2.42. The largest absolute Gasteiger partial charge is 0.466 e. The fourth-order valence-corrected chi connectivity index (χ4v) is 6.21. The van der Waals surface area contributed by atoms with Crippen molar-refractivity contribution in [2.75, 3.05) is 18.6 Å². The van der Waals surface area contributed by atoms with Crippen LogP contribution in [-0.2, 0) is 32.1 Å². The van der Waals surface area contributed by atoms with Crippen LogP contribution in [0, 0.1) is 24.1 Å². The lowest BCUT2D eigenvalue weighted by molar-refractivity contribution is -0.157. The van der Waals surface area contributed by atoms with Crippen LogP contribution < -0.4 is 4.90 Å². The number of esters is 1. The third kappa shape index (κ3) is 7.83. The quantitative estimate of drug-likeness (QED) is 0.174. The van der Waals surface area contributed by atoms with Crippen molar-refractivity contribution in [1.82, 2.24) is 4.98 Å². The highest BCUT2D eigenvalue weighted by atomic mass is 19.4. The Bertz CT molecular complexity index is 1740. The molecule has 3 aromatic rings. The molecule has 12 heteroatoms. The number of halogens is 7. The molecule has 1 aliphatic carbocycles. The van der Waals surface area contributed by atoms with Gasteiger partial charge in [-0.1, -0.05) is 12.1 Å². The average Bonchev–Trinajstić information content (AvgIpc) is 3.03. The fraction of sp³-hybridized carbons (Fsp3) is 0.432. The number of rotatable bonds is 8. The second kappa shape index (κ2) is 13.6. The van der Waals surface area contributed by atoms with E-state index in [4.69, 9.17) is 4.74 Å². The van der Waals surface area contributed by atoms with Crippen molar-refractivity contribution in [2.45, 2.75) is 78.6 Å². The molecule has 0 N–H and O–H groups in total. The third-order valence-electron chi connectivity index (χ3n) is 9.43. The van der Waals surface area contributed by atoms with Gasteiger partial charge in [0.05, 0.1) is 46.1 Å². The van der Waals surface area contributed by atoms with Crippen molar-refractivity contribution in [3.8, 4) is 11.1 Å². The van der Waals surface area contributed by atoms with Crippen molar-refractivity contribution in [3.63, 3.8) is 0 Å². The van der Waals surface area contributed by atoms with Crippen LogP contribution >= 0.6 is 0 Å². The summed E-state index contributed by atoms with van der Waals surface area (Å²) in [5.41, 5.74) is -2.85. The standard InChI is InChI=1S/C37H39F7N2O3/c1-8-49-33(48)35(5,6)23-11-9-22(10-12-23)30-19-29(28-14-13-27(38)15-21(28)2)31(20-45-30)46(7)32(47)34(3,4)24-16-25(36(39,40)41)18-26(17-24)37(42,43)44/h9,13-20,23H,8,10-12H2,1-7H3. The number of benzene rings is 2. The Morgan fingerprint density at radius 2 is 1.49 bits per heavy atom. The monoisotopic (exact) mass is 692 g/mol. The Balaban J connectivity index is 1.78. The summed E-state index contributed by atoms with van der Waals surface area (Å²) in [6, 6.07) is 6.97. The van der Waals surface area contributed by atoms with Gasteiger partial charge in [0.15, 0.2) is 0 Å². The zero-order valence-electron chi connectivity index (χ0n) is 28.4. The number of carbonyl (C=O) groups excluding carboxylic acids is 2. The van der Waals surface area contributed by atoms with Gasteiger partial charge in [-0.2, -0.15) is 26.3 Å². The van der Waals surface area contributed by atoms with Crippen molar-refractivity contribution in [2.24, 2.45) is 11.3 Å². The molecule has 1 heterocycles. The molecule has 1 atom stereocenters. The van der Waals surface area contributed by atoms with Crippen molar-refractivity contribution in [3.05, 3.63) is 88.5 Å². The van der Waals surface area contributed by atoms with E-state index < -0.39 is 51.6 Å². The Morgan fingerprint density at radius 3 is 2.00 bits per heavy atom. The molecule has 0 radical (unpaired) electrons. The number of allylic oxidation sites excluding steroid dienone is 2. The zero-order valence-corrected chi connectivity index (χ0v) is 28.4. The van der Waals surface area contributed by atoms with E-state index in [1.54, 1.807) is 19.9 Å². The van der Waals surface area contributed by atoms with Crippen LogP contribution in [0.4, 0.5) is 36.4 Å². The molecule has 1 aliphatic rings. The van der Waals surface area contributed by atoms with E-state index >= 15 is 0 Å². The second-order valence-electron chi connectivity index (χ2n) is 13.5. The first kappa shape index (κ1) is 37.6. The Hall–Kier alpha value is -4.22. The summed E-state index contributed by atoms with van der Waals surface area (Å²) in [7, 11) is 1.36. The second-order valence-corrected chi connectivity index (χ2v) is 13.5. The fourth-order valence-electron chi connectivity index (χ4n) is 6.21. The minimum atomic E-state index is -5.09. The van der Waals surface area contributed by atoms with Gasteiger partial charge >= 0.3 is 18.3 Å². The number of hydrogen-bond acceptors (Lipinski definition) is 4. The van der Waals surface area contributed by atoms with E-state index in [0.29, 0.717) is 53.8 Å². The summed E-state index contributed by atoms with van der Waals surface area (Å²) in [5.74, 6) is -1.54. The number of likely N-dealkylation sites (N-methyl/N-ethyl adjacent to an activating group) is 1. The summed E-state index contributed by atoms with van der Waals surface area (Å²) in [6.07, 6.45) is -4.91. The molecule has 0 aliphatic heterocycles. The molecule has 1 amide bonds. The maximum Gasteiger partial charge on any atom is 0.416 e. The summed E-state index contributed by atoms with van der Waals surface area (Å²) in [4.78, 5) is 32.4. The molecule has 0 spiro atoms. The number of hydrogen-bond donors (Lipinski definition) is 0. The van der Waals surface area contributed by atoms with Crippen LogP contribution in [0.15, 0.2) is 54.7 Å². The van der Waals surface area contributed by atoms with E-state index in [9.17, 15) is 40.3 Å². The van der Waals surface area contributed by atoms with Crippen molar-refractivity contribution >= 4 is 23.1 Å². The first-order valence-electron chi connectivity index (χ1n) is 15.8. The lowest BCUT2D eigenvalue weighted by Gasteiger charge is -2.34. The molecule has 4 rings (SSSR count). The lowest BCUT2D eigenvalue weighted by atomic mass is 9.71. The summed E-state index contributed by atoms with van der Waals surface area (Å²) < 4.78 is 101. The Morgan fingerprint density at radius 1 is 0.898 bits per heavy atom. The average molecular weight is 693 g/mol. The number of amides is 1. The minimum Gasteiger partial charge on any atom is -0.466 e. The van der Waals surface area contributed by atoms with Gasteiger partial charge in [0, 0.05) is 12.6 Å². The van der Waals surface area contributed by atoms with E-state index in [-0.39, 0.29) is 30.2 Å². The van der Waals surface area contributed by atoms with Gasteiger partial charge in [-0.05, 0) is 125 Å². The predicted octanol–water partition coefficient (Wildman–Crippen LogP) is 9.95. The Labute approximate surface area is 281 Å². The first-order chi connectivity index (χ1) is 22.6. The third-order valence-corrected chi connectivity index (χ3v) is 9.43. The number of aromatic nitrogens is 1. The topological polar surface area (TPSA) is 59.5 Å². The first-order valence-corrected chi connectivity index (χ1v) is 15.8. The van der Waals surface area contributed by atoms with Gasteiger partial charge in [-0.25, -0.2) is 4.39 Å². The van der Waals surface area contributed by atoms with Crippen LogP contribution in [0.25, 0.3) is 16.7 Å². The van der Waals surface area contributed by atoms with Crippen LogP contribution in [0.5, 0.6) is 0 Å². The minimum absolute atomic E-state index is 0.0197. The van der Waals surface area contributed by atoms with Crippen LogP contribution in [0.1, 0.15) is 81.8 Å². The number of pyridine rings is 1. The molecule has 264 valence electrons.